The number of fused-ring (bicyclic) bond motifs is 2. The molecule has 3 aromatic carbocycles. The van der Waals surface area contributed by atoms with E-state index in [2.05, 4.69) is 20.0 Å². The molecule has 0 atom stereocenters. The average Bonchev–Trinajstić information content (AvgIpc) is 3.33. The minimum Gasteiger partial charge on any atom is -0.326 e. The number of carbonyl (C=O) groups excluding carboxylic acids is 1. The fourth-order valence-corrected chi connectivity index (χ4v) is 4.87. The number of benzene rings is 3. The number of hydrogen-bond acceptors (Lipinski definition) is 5. The summed E-state index contributed by atoms with van der Waals surface area (Å²) in [4.78, 5) is 21.2. The van der Waals surface area contributed by atoms with Crippen LogP contribution in [-0.2, 0) is 14.8 Å². The zero-order chi connectivity index (χ0) is 22.1. The Morgan fingerprint density at radius 3 is 2.59 bits per heavy atom. The van der Waals surface area contributed by atoms with Gasteiger partial charge in [0.1, 0.15) is 12.2 Å². The van der Waals surface area contributed by atoms with Crippen molar-refractivity contribution in [1.82, 2.24) is 14.3 Å². The van der Waals surface area contributed by atoms with Gasteiger partial charge in [-0.2, -0.15) is 0 Å². The van der Waals surface area contributed by atoms with E-state index >= 15 is 0 Å². The lowest BCUT2D eigenvalue weighted by atomic mass is 10.2. The summed E-state index contributed by atoms with van der Waals surface area (Å²) >= 11 is 0. The Morgan fingerprint density at radius 2 is 1.75 bits per heavy atom. The third-order valence-corrected chi connectivity index (χ3v) is 6.55. The van der Waals surface area contributed by atoms with Crippen LogP contribution in [0.15, 0.2) is 89.0 Å². The standard InChI is InChI=1S/C23H19N5O3S/c29-22(13-14-24-23-18-5-1-4-8-21(18)32(30,31)27-23)26-16-9-11-17(12-10-16)28-15-25-19-6-2-3-7-20(19)28/h1-12,15H,13-14H2,(H,24,27)(H,26,29). The van der Waals surface area contributed by atoms with E-state index in [9.17, 15) is 13.2 Å². The molecule has 1 aliphatic heterocycles. The molecule has 0 radical (unpaired) electrons. The third kappa shape index (κ3) is 3.74. The van der Waals surface area contributed by atoms with E-state index in [-0.39, 0.29) is 29.6 Å². The molecule has 0 aliphatic carbocycles. The quantitative estimate of drug-likeness (QED) is 0.492. The number of carbonyl (C=O) groups is 1. The van der Waals surface area contributed by atoms with Gasteiger partial charge in [-0.25, -0.2) is 13.4 Å². The number of nitrogens with zero attached hydrogens (tertiary/aromatic N) is 3. The number of nitrogens with one attached hydrogen (secondary N) is 2. The van der Waals surface area contributed by atoms with Crippen molar-refractivity contribution in [3.8, 4) is 5.69 Å². The second-order valence-electron chi connectivity index (χ2n) is 7.28. The molecule has 1 aromatic heterocycles. The van der Waals surface area contributed by atoms with E-state index in [1.54, 1.807) is 24.5 Å². The van der Waals surface area contributed by atoms with Crippen LogP contribution in [0.5, 0.6) is 0 Å². The van der Waals surface area contributed by atoms with Crippen molar-refractivity contribution in [1.29, 1.82) is 0 Å². The van der Waals surface area contributed by atoms with E-state index in [4.69, 9.17) is 0 Å². The average molecular weight is 446 g/mol. The Balaban J connectivity index is 1.22. The molecule has 2 N–H and O–H groups in total. The molecule has 9 heteroatoms. The van der Waals surface area contributed by atoms with Gasteiger partial charge in [0.2, 0.25) is 5.91 Å². The van der Waals surface area contributed by atoms with Crippen LogP contribution in [-0.4, -0.2) is 36.3 Å². The van der Waals surface area contributed by atoms with E-state index in [0.717, 1.165) is 16.7 Å². The molecule has 0 spiro atoms. The predicted octanol–water partition coefficient (Wildman–Crippen LogP) is 3.09. The zero-order valence-electron chi connectivity index (χ0n) is 16.9. The van der Waals surface area contributed by atoms with Crippen molar-refractivity contribution >= 4 is 38.5 Å². The molecule has 0 fully saturated rings. The topological polar surface area (TPSA) is 105 Å². The highest BCUT2D eigenvalue weighted by Gasteiger charge is 2.29. The van der Waals surface area contributed by atoms with E-state index in [1.165, 1.54) is 6.07 Å². The fourth-order valence-electron chi connectivity index (χ4n) is 3.61. The molecule has 2 heterocycles. The SMILES string of the molecule is O=C(CCN=C1NS(=O)(=O)c2ccccc21)Nc1ccc(-n2cnc3ccccc32)cc1. The van der Waals surface area contributed by atoms with Gasteiger partial charge in [0.15, 0.2) is 0 Å². The smallest absolute Gasteiger partial charge is 0.263 e. The summed E-state index contributed by atoms with van der Waals surface area (Å²) in [6.45, 7) is 0.164. The summed E-state index contributed by atoms with van der Waals surface area (Å²) in [5.74, 6) is 0.0645. The van der Waals surface area contributed by atoms with Crippen LogP contribution in [0.3, 0.4) is 0 Å². The largest absolute Gasteiger partial charge is 0.326 e. The van der Waals surface area contributed by atoms with Gasteiger partial charge < -0.3 is 5.32 Å². The van der Waals surface area contributed by atoms with Crippen molar-refractivity contribution in [2.45, 2.75) is 11.3 Å². The number of aromatic nitrogens is 2. The van der Waals surface area contributed by atoms with Gasteiger partial charge in [0.25, 0.3) is 10.0 Å². The fraction of sp³-hybridized carbons (Fsp3) is 0.0870. The van der Waals surface area contributed by atoms with Gasteiger partial charge >= 0.3 is 0 Å². The van der Waals surface area contributed by atoms with Gasteiger partial charge in [-0.05, 0) is 48.5 Å². The Bertz CT molecular complexity index is 1460. The van der Waals surface area contributed by atoms with Crippen molar-refractivity contribution < 1.29 is 13.2 Å². The molecule has 0 saturated carbocycles. The number of anilines is 1. The van der Waals surface area contributed by atoms with E-state index in [1.807, 2.05) is 53.1 Å². The van der Waals surface area contributed by atoms with Crippen LogP contribution in [0.2, 0.25) is 0 Å². The maximum absolute atomic E-state index is 12.3. The highest BCUT2D eigenvalue weighted by molar-refractivity contribution is 7.90. The predicted molar refractivity (Wildman–Crippen MR) is 122 cm³/mol. The highest BCUT2D eigenvalue weighted by Crippen LogP contribution is 2.22. The number of rotatable bonds is 5. The zero-order valence-corrected chi connectivity index (χ0v) is 17.7. The summed E-state index contributed by atoms with van der Waals surface area (Å²) in [7, 11) is -3.58. The molecule has 5 rings (SSSR count). The number of hydrogen-bond donors (Lipinski definition) is 2. The summed E-state index contributed by atoms with van der Waals surface area (Å²) in [5.41, 5.74) is 4.06. The van der Waals surface area contributed by atoms with Crippen molar-refractivity contribution in [3.05, 3.63) is 84.7 Å². The summed E-state index contributed by atoms with van der Waals surface area (Å²) in [6, 6.07) is 22.0. The maximum Gasteiger partial charge on any atom is 0.263 e. The Hall–Kier alpha value is -3.98. The minimum atomic E-state index is -3.58. The van der Waals surface area contributed by atoms with Crippen molar-refractivity contribution in [2.75, 3.05) is 11.9 Å². The number of aliphatic imine (C=N–C) groups is 1. The molecule has 0 unspecified atom stereocenters. The summed E-state index contributed by atoms with van der Waals surface area (Å²) in [5, 5.41) is 2.84. The first-order chi connectivity index (χ1) is 15.5. The third-order valence-electron chi connectivity index (χ3n) is 5.15. The van der Waals surface area contributed by atoms with Crippen LogP contribution in [0, 0.1) is 0 Å². The van der Waals surface area contributed by atoms with Crippen molar-refractivity contribution in [3.63, 3.8) is 0 Å². The van der Waals surface area contributed by atoms with Crippen LogP contribution < -0.4 is 10.0 Å². The second-order valence-corrected chi connectivity index (χ2v) is 8.93. The molecule has 8 nitrogen and oxygen atoms in total. The van der Waals surface area contributed by atoms with Gasteiger partial charge in [-0.15, -0.1) is 0 Å². The first kappa shape index (κ1) is 20.0. The minimum absolute atomic E-state index is 0.126. The van der Waals surface area contributed by atoms with E-state index < -0.39 is 10.0 Å². The highest BCUT2D eigenvalue weighted by atomic mass is 32.2. The second kappa shape index (κ2) is 7.93. The van der Waals surface area contributed by atoms with Gasteiger partial charge in [-0.1, -0.05) is 24.3 Å². The first-order valence-electron chi connectivity index (χ1n) is 10.0. The lowest BCUT2D eigenvalue weighted by Gasteiger charge is -2.08. The molecule has 4 aromatic rings. The van der Waals surface area contributed by atoms with E-state index in [0.29, 0.717) is 11.3 Å². The first-order valence-corrected chi connectivity index (χ1v) is 11.5. The Labute approximate surface area is 184 Å². The normalized spacial score (nSPS) is 15.4. The molecular formula is C23H19N5O3S. The number of amidine groups is 1. The molecule has 0 bridgehead atoms. The van der Waals surface area contributed by atoms with Gasteiger partial charge in [-0.3, -0.25) is 19.1 Å². The van der Waals surface area contributed by atoms with Crippen LogP contribution >= 0.6 is 0 Å². The summed E-state index contributed by atoms with van der Waals surface area (Å²) < 4.78 is 28.6. The molecular weight excluding hydrogens is 426 g/mol. The van der Waals surface area contributed by atoms with Crippen LogP contribution in [0.25, 0.3) is 16.7 Å². The van der Waals surface area contributed by atoms with Gasteiger partial charge in [0.05, 0.1) is 22.5 Å². The Kier molecular flexibility index (Phi) is 4.95. The monoisotopic (exact) mass is 445 g/mol. The number of para-hydroxylation sites is 2. The Morgan fingerprint density at radius 1 is 1.00 bits per heavy atom. The molecule has 0 saturated heterocycles. The van der Waals surface area contributed by atoms with Crippen LogP contribution in [0.1, 0.15) is 12.0 Å². The lowest BCUT2D eigenvalue weighted by Crippen LogP contribution is -2.23. The molecule has 32 heavy (non-hydrogen) atoms. The molecule has 1 aliphatic rings. The van der Waals surface area contributed by atoms with Gasteiger partial charge in [0, 0.05) is 23.4 Å². The number of imidazole rings is 1. The molecule has 1 amide bonds. The summed E-state index contributed by atoms with van der Waals surface area (Å²) in [6.07, 6.45) is 1.90. The van der Waals surface area contributed by atoms with Crippen molar-refractivity contribution in [2.24, 2.45) is 4.99 Å². The maximum atomic E-state index is 12.3. The number of sulfonamides is 1. The lowest BCUT2D eigenvalue weighted by molar-refractivity contribution is -0.116. The van der Waals surface area contributed by atoms with Crippen LogP contribution in [0.4, 0.5) is 5.69 Å². The number of amides is 1. The molecule has 160 valence electrons.